The Labute approximate surface area is 94.0 Å². The number of hydrogen-bond donors (Lipinski definition) is 3. The molecule has 0 aliphatic carbocycles. The van der Waals surface area contributed by atoms with Crippen LogP contribution in [-0.4, -0.2) is 26.8 Å². The van der Waals surface area contributed by atoms with Crippen LogP contribution in [0.1, 0.15) is 20.3 Å². The molecule has 0 saturated heterocycles. The first kappa shape index (κ1) is 14.8. The van der Waals surface area contributed by atoms with Crippen molar-refractivity contribution in [2.24, 2.45) is 3.95 Å². The molecular formula is C6H16INO5P-. The summed E-state index contributed by atoms with van der Waals surface area (Å²) in [5, 5.41) is 9.05. The van der Waals surface area contributed by atoms with E-state index < -0.39 is 39.5 Å². The molecule has 0 amide bonds. The van der Waals surface area contributed by atoms with Gasteiger partial charge in [-0.05, 0) is 0 Å². The van der Waals surface area contributed by atoms with Crippen LogP contribution in [0.5, 0.6) is 0 Å². The first-order valence-electron chi connectivity index (χ1n) is 4.07. The van der Waals surface area contributed by atoms with Crippen molar-refractivity contribution < 1.29 is 45.1 Å². The zero-order valence-corrected chi connectivity index (χ0v) is 11.1. The molecule has 4 N–H and O–H groups in total. The number of phosphoric ester groups is 1. The molecule has 0 radical (unpaired) electrons. The van der Waals surface area contributed by atoms with Gasteiger partial charge >= 0.3 is 94.0 Å². The maximum atomic E-state index is 11.2. The average Bonchev–Trinajstić information content (AvgIpc) is 2.01. The first-order valence-corrected chi connectivity index (χ1v) is 8.05. The van der Waals surface area contributed by atoms with Crippen molar-refractivity contribution in [3.05, 3.63) is 0 Å². The zero-order valence-electron chi connectivity index (χ0n) is 8.09. The van der Waals surface area contributed by atoms with Crippen molar-refractivity contribution in [3.8, 4) is 0 Å². The summed E-state index contributed by atoms with van der Waals surface area (Å²) in [6, 6.07) is 0. The number of nitrogens with two attached hydrogens (primary N) is 1. The summed E-state index contributed by atoms with van der Waals surface area (Å²) in [6.45, 7) is 3.25. The second-order valence-corrected chi connectivity index (χ2v) is 6.13. The Morgan fingerprint density at radius 3 is 2.57 bits per heavy atom. The Balaban J connectivity index is 4.09. The molecule has 0 aromatic rings. The molecular weight excluding hydrogens is 324 g/mol. The molecule has 0 spiro atoms. The molecule has 6 nitrogen and oxygen atoms in total. The second-order valence-electron chi connectivity index (χ2n) is 2.61. The Morgan fingerprint density at radius 1 is 1.64 bits per heavy atom. The van der Waals surface area contributed by atoms with Gasteiger partial charge in [0.05, 0.1) is 0 Å². The van der Waals surface area contributed by atoms with E-state index in [4.69, 9.17) is 18.5 Å². The maximum absolute atomic E-state index is 11.2. The predicted octanol–water partition coefficient (Wildman–Crippen LogP) is -2.80. The third kappa shape index (κ3) is 7.10. The van der Waals surface area contributed by atoms with E-state index >= 15 is 0 Å². The van der Waals surface area contributed by atoms with Gasteiger partial charge in [0.2, 0.25) is 0 Å². The standard InChI is InChI=1S/C6H16INO5P/c1-3-12-14(10,11)13-6(7-8)4-5(2)9/h5-6,9H,3-4,8H2,1-2H3,(H,10,11)/q-1. The van der Waals surface area contributed by atoms with Crippen LogP contribution >= 0.6 is 7.82 Å². The van der Waals surface area contributed by atoms with E-state index in [-0.39, 0.29) is 13.0 Å². The molecule has 0 aromatic carbocycles. The van der Waals surface area contributed by atoms with E-state index in [2.05, 4.69) is 4.52 Å². The minimum atomic E-state index is -3.99. The normalized spacial score (nSPS) is 20.4. The quantitative estimate of drug-likeness (QED) is 0.200. The summed E-state index contributed by atoms with van der Waals surface area (Å²) < 4.78 is 25.3. The number of alkyl halides is 1. The number of aliphatic hydroxyl groups is 1. The van der Waals surface area contributed by atoms with E-state index in [0.29, 0.717) is 0 Å². The fourth-order valence-electron chi connectivity index (χ4n) is 0.724. The molecule has 0 aliphatic heterocycles. The Hall–Kier alpha value is 0.760. The van der Waals surface area contributed by atoms with Gasteiger partial charge in [-0.1, -0.05) is 0 Å². The molecule has 0 aromatic heterocycles. The molecule has 88 valence electrons. The van der Waals surface area contributed by atoms with Crippen LogP contribution in [0.2, 0.25) is 0 Å². The summed E-state index contributed by atoms with van der Waals surface area (Å²) in [4.78, 5) is 9.12. The molecule has 3 atom stereocenters. The average molecular weight is 340 g/mol. The van der Waals surface area contributed by atoms with Crippen molar-refractivity contribution in [2.75, 3.05) is 6.61 Å². The van der Waals surface area contributed by atoms with Gasteiger partial charge < -0.3 is 0 Å². The van der Waals surface area contributed by atoms with Gasteiger partial charge in [0, 0.05) is 0 Å². The van der Waals surface area contributed by atoms with Crippen molar-refractivity contribution in [3.63, 3.8) is 0 Å². The summed E-state index contributed by atoms with van der Waals surface area (Å²) in [5.41, 5.74) is 0. The van der Waals surface area contributed by atoms with Gasteiger partial charge in [0.25, 0.3) is 0 Å². The predicted molar refractivity (Wildman–Crippen MR) is 46.8 cm³/mol. The summed E-state index contributed by atoms with van der Waals surface area (Å²) in [6.07, 6.45) is -0.355. The van der Waals surface area contributed by atoms with Crippen molar-refractivity contribution in [1.29, 1.82) is 0 Å². The number of halogens is 1. The third-order valence-electron chi connectivity index (χ3n) is 1.21. The van der Waals surface area contributed by atoms with Crippen molar-refractivity contribution in [1.82, 2.24) is 0 Å². The number of hydrogen-bond acceptors (Lipinski definition) is 5. The van der Waals surface area contributed by atoms with Crippen LogP contribution < -0.4 is 25.4 Å². The van der Waals surface area contributed by atoms with Crippen LogP contribution in [-0.2, 0) is 13.6 Å². The van der Waals surface area contributed by atoms with Gasteiger partial charge in [0.15, 0.2) is 0 Å². The Morgan fingerprint density at radius 2 is 2.21 bits per heavy atom. The van der Waals surface area contributed by atoms with E-state index in [1.54, 1.807) is 13.8 Å². The second kappa shape index (κ2) is 7.10. The number of phosphoric acid groups is 1. The molecule has 0 aliphatic rings. The summed E-state index contributed by atoms with van der Waals surface area (Å²) in [5.74, 6) is 0. The molecule has 0 saturated carbocycles. The van der Waals surface area contributed by atoms with Gasteiger partial charge in [-0.2, -0.15) is 0 Å². The summed E-state index contributed by atoms with van der Waals surface area (Å²) in [7, 11) is -3.99. The molecule has 0 rings (SSSR count). The van der Waals surface area contributed by atoms with Crippen LogP contribution in [0.25, 0.3) is 0 Å². The Kier molecular flexibility index (Phi) is 7.49. The van der Waals surface area contributed by atoms with Gasteiger partial charge in [-0.3, -0.25) is 0 Å². The fraction of sp³-hybridized carbons (Fsp3) is 1.00. The van der Waals surface area contributed by atoms with E-state index in [1.807, 2.05) is 0 Å². The number of aliphatic hydroxyl groups excluding tert-OH is 1. The Bertz CT molecular complexity index is 203. The van der Waals surface area contributed by atoms with Gasteiger partial charge in [-0.15, -0.1) is 0 Å². The van der Waals surface area contributed by atoms with E-state index in [1.165, 1.54) is 0 Å². The number of rotatable bonds is 7. The van der Waals surface area contributed by atoms with Crippen molar-refractivity contribution >= 4 is 7.82 Å². The fourth-order valence-corrected chi connectivity index (χ4v) is 3.82. The molecule has 3 unspecified atom stereocenters. The molecule has 8 heteroatoms. The molecule has 0 heterocycles. The van der Waals surface area contributed by atoms with E-state index in [9.17, 15) is 4.57 Å². The van der Waals surface area contributed by atoms with Crippen LogP contribution in [0.4, 0.5) is 0 Å². The summed E-state index contributed by atoms with van der Waals surface area (Å²) >= 11 is -0.864. The molecule has 0 fully saturated rings. The third-order valence-corrected chi connectivity index (χ3v) is 4.28. The molecule has 0 bridgehead atoms. The van der Waals surface area contributed by atoms with E-state index in [0.717, 1.165) is 0 Å². The van der Waals surface area contributed by atoms with Gasteiger partial charge in [-0.25, -0.2) is 0 Å². The van der Waals surface area contributed by atoms with Crippen LogP contribution in [0, 0.1) is 0 Å². The first-order chi connectivity index (χ1) is 6.41. The SMILES string of the molecule is CCOP(=O)(O)OC(CC(C)O)[I-]N. The topological polar surface area (TPSA) is 102 Å². The molecule has 14 heavy (non-hydrogen) atoms. The zero-order chi connectivity index (χ0) is 11.2. The van der Waals surface area contributed by atoms with Crippen molar-refractivity contribution in [2.45, 2.75) is 30.5 Å². The van der Waals surface area contributed by atoms with Crippen LogP contribution in [0.15, 0.2) is 0 Å². The minimum absolute atomic E-state index is 0.0953. The monoisotopic (exact) mass is 340 g/mol. The van der Waals surface area contributed by atoms with Gasteiger partial charge in [0.1, 0.15) is 0 Å². The van der Waals surface area contributed by atoms with Crippen LogP contribution in [0.3, 0.4) is 0 Å².